The first kappa shape index (κ1) is 28.5. The third kappa shape index (κ3) is 8.47. The van der Waals surface area contributed by atoms with E-state index in [-0.39, 0.29) is 23.7 Å². The van der Waals surface area contributed by atoms with Crippen molar-refractivity contribution >= 4 is 44.8 Å². The number of carbonyl (C=O) groups excluding carboxylic acids is 2. The Bertz CT molecular complexity index is 1340. The molecule has 0 radical (unpaired) electrons. The quantitative estimate of drug-likeness (QED) is 0.198. The highest BCUT2D eigenvalue weighted by atomic mass is 32.1. The maximum absolute atomic E-state index is 12.6. The topological polar surface area (TPSA) is 136 Å². The number of benzene rings is 2. The van der Waals surface area contributed by atoms with Gasteiger partial charge in [0.1, 0.15) is 10.0 Å². The van der Waals surface area contributed by atoms with Crippen LogP contribution in [0.2, 0.25) is 0 Å². The summed E-state index contributed by atoms with van der Waals surface area (Å²) in [6, 6.07) is 19.0. The highest BCUT2D eigenvalue weighted by Gasteiger charge is 2.23. The number of nitrogens with one attached hydrogen (secondary N) is 2. The Morgan fingerprint density at radius 2 is 1.28 bits per heavy atom. The fourth-order valence-corrected chi connectivity index (χ4v) is 5.60. The number of nitrogens with two attached hydrogens (primary N) is 1. The molecule has 9 nitrogen and oxygen atoms in total. The third-order valence-corrected chi connectivity index (χ3v) is 8.22. The van der Waals surface area contributed by atoms with Gasteiger partial charge in [-0.15, -0.1) is 20.4 Å². The predicted molar refractivity (Wildman–Crippen MR) is 156 cm³/mol. The van der Waals surface area contributed by atoms with E-state index in [1.807, 2.05) is 74.5 Å². The van der Waals surface area contributed by atoms with Crippen LogP contribution in [0.25, 0.3) is 0 Å². The molecule has 4 N–H and O–H groups in total. The van der Waals surface area contributed by atoms with Crippen LogP contribution in [0.3, 0.4) is 0 Å². The molecule has 39 heavy (non-hydrogen) atoms. The molecule has 3 atom stereocenters. The number of amides is 2. The van der Waals surface area contributed by atoms with Crippen molar-refractivity contribution in [3.8, 4) is 0 Å². The molecular weight excluding hydrogens is 530 g/mol. The molecule has 0 aliphatic rings. The summed E-state index contributed by atoms with van der Waals surface area (Å²) >= 11 is 2.77. The Labute approximate surface area is 236 Å². The van der Waals surface area contributed by atoms with Crippen LogP contribution < -0.4 is 16.4 Å². The summed E-state index contributed by atoms with van der Waals surface area (Å²) in [6.07, 6.45) is 3.98. The molecule has 0 fully saturated rings. The molecule has 2 heterocycles. The van der Waals surface area contributed by atoms with Crippen molar-refractivity contribution in [1.29, 1.82) is 0 Å². The summed E-state index contributed by atoms with van der Waals surface area (Å²) in [5.74, 6) is -0.617. The lowest BCUT2D eigenvalue weighted by molar-refractivity contribution is -0.119. The van der Waals surface area contributed by atoms with Gasteiger partial charge in [-0.2, -0.15) is 0 Å². The molecule has 0 bridgehead atoms. The Morgan fingerprint density at radius 1 is 0.769 bits per heavy atom. The highest BCUT2D eigenvalue weighted by molar-refractivity contribution is 7.15. The molecular formula is C28H33N7O2S2. The number of hydrogen-bond donors (Lipinski definition) is 3. The van der Waals surface area contributed by atoms with Crippen LogP contribution in [0, 0.1) is 5.92 Å². The van der Waals surface area contributed by atoms with Gasteiger partial charge in [0.05, 0.1) is 6.04 Å². The van der Waals surface area contributed by atoms with Crippen molar-refractivity contribution in [1.82, 2.24) is 20.4 Å². The van der Waals surface area contributed by atoms with Gasteiger partial charge >= 0.3 is 0 Å². The number of rotatable bonds is 13. The number of hydrogen-bond acceptors (Lipinski definition) is 9. The summed E-state index contributed by atoms with van der Waals surface area (Å²) in [5, 5.41) is 25.0. The van der Waals surface area contributed by atoms with Crippen molar-refractivity contribution in [3.05, 3.63) is 81.8 Å². The van der Waals surface area contributed by atoms with E-state index in [0.29, 0.717) is 16.7 Å². The van der Waals surface area contributed by atoms with E-state index < -0.39 is 6.04 Å². The van der Waals surface area contributed by atoms with Crippen LogP contribution >= 0.6 is 22.7 Å². The zero-order valence-corrected chi connectivity index (χ0v) is 23.7. The average Bonchev–Trinajstić information content (AvgIpc) is 3.60. The minimum absolute atomic E-state index is 0.0591. The molecule has 11 heteroatoms. The molecule has 0 aliphatic carbocycles. The number of aryl methyl sites for hydroxylation is 2. The van der Waals surface area contributed by atoms with Crippen LogP contribution in [0.15, 0.2) is 60.7 Å². The molecule has 2 amide bonds. The number of aromatic nitrogens is 4. The number of nitrogens with zero attached hydrogens (tertiary/aromatic N) is 4. The second kappa shape index (κ2) is 14.0. The zero-order valence-electron chi connectivity index (χ0n) is 22.0. The molecule has 0 saturated heterocycles. The maximum atomic E-state index is 12.6. The normalized spacial score (nSPS) is 13.4. The monoisotopic (exact) mass is 563 g/mol. The van der Waals surface area contributed by atoms with Gasteiger partial charge in [0, 0.05) is 24.7 Å². The Kier molecular flexibility index (Phi) is 10.2. The maximum Gasteiger partial charge on any atom is 0.243 e. The Hall–Kier alpha value is -3.54. The zero-order chi connectivity index (χ0) is 27.6. The first-order valence-corrected chi connectivity index (χ1v) is 14.6. The van der Waals surface area contributed by atoms with Gasteiger partial charge in [0.15, 0.2) is 0 Å². The van der Waals surface area contributed by atoms with Crippen molar-refractivity contribution < 1.29 is 9.59 Å². The van der Waals surface area contributed by atoms with Crippen molar-refractivity contribution in [2.24, 2.45) is 11.7 Å². The van der Waals surface area contributed by atoms with Gasteiger partial charge in [-0.25, -0.2) is 0 Å². The Morgan fingerprint density at radius 3 is 1.85 bits per heavy atom. The van der Waals surface area contributed by atoms with Crippen molar-refractivity contribution in [2.75, 3.05) is 10.6 Å². The summed E-state index contributed by atoms with van der Waals surface area (Å²) in [7, 11) is 0. The van der Waals surface area contributed by atoms with E-state index >= 15 is 0 Å². The number of carbonyl (C=O) groups is 2. The van der Waals surface area contributed by atoms with E-state index in [1.165, 1.54) is 22.7 Å². The van der Waals surface area contributed by atoms with Crippen molar-refractivity contribution in [2.45, 2.75) is 57.9 Å². The van der Waals surface area contributed by atoms with Crippen molar-refractivity contribution in [3.63, 3.8) is 0 Å². The molecule has 4 aromatic rings. The lowest BCUT2D eigenvalue weighted by atomic mass is 9.93. The SMILES string of the molecule is CC(Cc1ccccc1)C(=O)Nc1nnc(CCCCc2nnc(NC(=O)C(N)C(C)c3ccccc3)s2)s1. The first-order valence-electron chi connectivity index (χ1n) is 13.0. The molecule has 3 unspecified atom stereocenters. The van der Waals surface area contributed by atoms with E-state index in [9.17, 15) is 9.59 Å². The number of anilines is 2. The largest absolute Gasteiger partial charge is 0.319 e. The van der Waals surface area contributed by atoms with E-state index in [2.05, 4.69) is 31.0 Å². The summed E-state index contributed by atoms with van der Waals surface area (Å²) in [5.41, 5.74) is 8.33. The number of unbranched alkanes of at least 4 members (excludes halogenated alkanes) is 1. The fraction of sp³-hybridized carbons (Fsp3) is 0.357. The van der Waals surface area contributed by atoms with Gasteiger partial charge < -0.3 is 11.1 Å². The third-order valence-electron chi connectivity index (χ3n) is 6.42. The van der Waals surface area contributed by atoms with Gasteiger partial charge in [-0.1, -0.05) is 97.2 Å². The predicted octanol–water partition coefficient (Wildman–Crippen LogP) is 4.84. The molecule has 2 aromatic carbocycles. The van der Waals surface area contributed by atoms with Gasteiger partial charge in [0.25, 0.3) is 0 Å². The summed E-state index contributed by atoms with van der Waals surface area (Å²) in [6.45, 7) is 3.85. The van der Waals surface area contributed by atoms with E-state index in [1.54, 1.807) is 0 Å². The minimum atomic E-state index is -0.687. The van der Waals surface area contributed by atoms with Gasteiger partial charge in [-0.05, 0) is 30.4 Å². The highest BCUT2D eigenvalue weighted by Crippen LogP contribution is 2.23. The standard InChI is InChI=1S/C28H33N7O2S2/c1-18(17-20-11-5-3-6-12-20)25(36)30-27-34-32-22(38-27)15-9-10-16-23-33-35-28(39-23)31-26(37)24(29)19(2)21-13-7-4-8-14-21/h3-8,11-14,18-19,24H,9-10,15-17,29H2,1-2H3,(H,30,34,36)(H,31,35,37). The average molecular weight is 564 g/mol. The lowest BCUT2D eigenvalue weighted by Gasteiger charge is -2.18. The Balaban J connectivity index is 1.16. The molecule has 0 saturated carbocycles. The molecule has 4 rings (SSSR count). The molecule has 2 aromatic heterocycles. The summed E-state index contributed by atoms with van der Waals surface area (Å²) in [4.78, 5) is 25.1. The molecule has 204 valence electrons. The molecule has 0 spiro atoms. The van der Waals surface area contributed by atoms with E-state index in [0.717, 1.165) is 46.8 Å². The van der Waals surface area contributed by atoms with Gasteiger partial charge in [0.2, 0.25) is 22.1 Å². The molecule has 0 aliphatic heterocycles. The fourth-order valence-electron chi connectivity index (χ4n) is 4.03. The summed E-state index contributed by atoms with van der Waals surface area (Å²) < 4.78 is 0. The van der Waals surface area contributed by atoms with Crippen LogP contribution in [-0.4, -0.2) is 38.3 Å². The first-order chi connectivity index (χ1) is 18.9. The lowest BCUT2D eigenvalue weighted by Crippen LogP contribution is -2.39. The smallest absolute Gasteiger partial charge is 0.243 e. The minimum Gasteiger partial charge on any atom is -0.319 e. The van der Waals surface area contributed by atoms with Crippen LogP contribution in [0.4, 0.5) is 10.3 Å². The van der Waals surface area contributed by atoms with E-state index in [4.69, 9.17) is 5.73 Å². The second-order valence-corrected chi connectivity index (χ2v) is 11.6. The van der Waals surface area contributed by atoms with Crippen LogP contribution in [0.1, 0.15) is 53.7 Å². The van der Waals surface area contributed by atoms with Crippen LogP contribution in [0.5, 0.6) is 0 Å². The second-order valence-electron chi connectivity index (χ2n) is 9.50. The van der Waals surface area contributed by atoms with Gasteiger partial charge in [-0.3, -0.25) is 14.9 Å². The van der Waals surface area contributed by atoms with Crippen LogP contribution in [-0.2, 0) is 28.9 Å².